The van der Waals surface area contributed by atoms with Crippen molar-refractivity contribution in [3.05, 3.63) is 0 Å². The molecule has 21 heavy (non-hydrogen) atoms. The molecule has 0 radical (unpaired) electrons. The SMILES string of the molecule is CC1CCN(C(=O)NC(C)C(=O)NC(C)C)C(C(=O)O)C1. The minimum atomic E-state index is -1.00. The summed E-state index contributed by atoms with van der Waals surface area (Å²) < 4.78 is 0. The van der Waals surface area contributed by atoms with Gasteiger partial charge in [-0.05, 0) is 39.5 Å². The first-order valence-corrected chi connectivity index (χ1v) is 7.32. The average Bonchev–Trinajstić information content (AvgIpc) is 2.37. The Bertz CT molecular complexity index is 411. The molecule has 7 heteroatoms. The van der Waals surface area contributed by atoms with Gasteiger partial charge in [-0.25, -0.2) is 9.59 Å². The molecule has 120 valence electrons. The van der Waals surface area contributed by atoms with Gasteiger partial charge >= 0.3 is 12.0 Å². The van der Waals surface area contributed by atoms with Gasteiger partial charge in [-0.15, -0.1) is 0 Å². The summed E-state index contributed by atoms with van der Waals surface area (Å²) in [5.74, 6) is -1.01. The predicted molar refractivity (Wildman–Crippen MR) is 77.8 cm³/mol. The highest BCUT2D eigenvalue weighted by atomic mass is 16.4. The first kappa shape index (κ1) is 17.3. The van der Waals surface area contributed by atoms with Crippen LogP contribution in [0.4, 0.5) is 4.79 Å². The van der Waals surface area contributed by atoms with Crippen LogP contribution in [-0.2, 0) is 9.59 Å². The summed E-state index contributed by atoms with van der Waals surface area (Å²) in [5, 5.41) is 14.5. The van der Waals surface area contributed by atoms with Crippen molar-refractivity contribution in [2.24, 2.45) is 5.92 Å². The van der Waals surface area contributed by atoms with Crippen LogP contribution in [0.15, 0.2) is 0 Å². The van der Waals surface area contributed by atoms with E-state index in [2.05, 4.69) is 10.6 Å². The number of carbonyl (C=O) groups is 3. The average molecular weight is 299 g/mol. The Hall–Kier alpha value is -1.79. The fourth-order valence-electron chi connectivity index (χ4n) is 2.36. The summed E-state index contributed by atoms with van der Waals surface area (Å²) >= 11 is 0. The van der Waals surface area contributed by atoms with Crippen LogP contribution in [0.5, 0.6) is 0 Å². The number of nitrogens with zero attached hydrogens (tertiary/aromatic N) is 1. The molecule has 3 unspecified atom stereocenters. The number of rotatable bonds is 4. The summed E-state index contributed by atoms with van der Waals surface area (Å²) in [6, 6.07) is -2.04. The van der Waals surface area contributed by atoms with Gasteiger partial charge in [0.15, 0.2) is 0 Å². The zero-order valence-corrected chi connectivity index (χ0v) is 13.0. The highest BCUT2D eigenvalue weighted by molar-refractivity contribution is 5.88. The lowest BCUT2D eigenvalue weighted by molar-refractivity contribution is -0.143. The maximum absolute atomic E-state index is 12.2. The lowest BCUT2D eigenvalue weighted by Crippen LogP contribution is -2.57. The quantitative estimate of drug-likeness (QED) is 0.715. The van der Waals surface area contributed by atoms with E-state index in [-0.39, 0.29) is 17.9 Å². The van der Waals surface area contributed by atoms with Gasteiger partial charge in [-0.1, -0.05) is 6.92 Å². The number of piperidine rings is 1. The molecule has 0 aromatic rings. The van der Waals surface area contributed by atoms with Gasteiger partial charge in [0.2, 0.25) is 5.91 Å². The van der Waals surface area contributed by atoms with Crippen molar-refractivity contribution in [3.8, 4) is 0 Å². The van der Waals surface area contributed by atoms with E-state index >= 15 is 0 Å². The van der Waals surface area contributed by atoms with Gasteiger partial charge in [0, 0.05) is 12.6 Å². The van der Waals surface area contributed by atoms with Gasteiger partial charge in [0.05, 0.1) is 0 Å². The molecule has 0 saturated carbocycles. The second kappa shape index (κ2) is 7.28. The zero-order valence-electron chi connectivity index (χ0n) is 13.0. The molecular weight excluding hydrogens is 274 g/mol. The summed E-state index contributed by atoms with van der Waals surface area (Å²) in [6.07, 6.45) is 1.21. The van der Waals surface area contributed by atoms with Crippen molar-refractivity contribution in [2.45, 2.75) is 58.7 Å². The number of amides is 3. The number of nitrogens with one attached hydrogen (secondary N) is 2. The van der Waals surface area contributed by atoms with Crippen LogP contribution in [0, 0.1) is 5.92 Å². The molecule has 1 heterocycles. The Morgan fingerprint density at radius 1 is 1.19 bits per heavy atom. The third-order valence-corrected chi connectivity index (χ3v) is 3.57. The van der Waals surface area contributed by atoms with Crippen molar-refractivity contribution < 1.29 is 19.5 Å². The van der Waals surface area contributed by atoms with Crippen LogP contribution in [0.3, 0.4) is 0 Å². The Morgan fingerprint density at radius 3 is 2.33 bits per heavy atom. The van der Waals surface area contributed by atoms with Crippen LogP contribution in [0.2, 0.25) is 0 Å². The second-order valence-corrected chi connectivity index (χ2v) is 6.01. The largest absolute Gasteiger partial charge is 0.480 e. The van der Waals surface area contributed by atoms with E-state index in [1.165, 1.54) is 4.90 Å². The van der Waals surface area contributed by atoms with Crippen molar-refractivity contribution in [2.75, 3.05) is 6.54 Å². The van der Waals surface area contributed by atoms with Crippen LogP contribution in [0.1, 0.15) is 40.5 Å². The molecule has 1 fully saturated rings. The lowest BCUT2D eigenvalue weighted by atomic mass is 9.93. The molecule has 7 nitrogen and oxygen atoms in total. The maximum Gasteiger partial charge on any atom is 0.326 e. The standard InChI is InChI=1S/C14H25N3O4/c1-8(2)15-12(18)10(4)16-14(21)17-6-5-9(3)7-11(17)13(19)20/h8-11H,5-7H2,1-4H3,(H,15,18)(H,16,21)(H,19,20). The number of urea groups is 1. The Morgan fingerprint density at radius 2 is 1.81 bits per heavy atom. The first-order valence-electron chi connectivity index (χ1n) is 7.32. The Labute approximate surface area is 125 Å². The highest BCUT2D eigenvalue weighted by Gasteiger charge is 2.35. The normalized spacial score (nSPS) is 23.6. The zero-order chi connectivity index (χ0) is 16.2. The molecule has 0 aromatic heterocycles. The predicted octanol–water partition coefficient (Wildman–Crippen LogP) is 0.794. The minimum absolute atomic E-state index is 0.0144. The van der Waals surface area contributed by atoms with E-state index in [0.717, 1.165) is 6.42 Å². The number of hydrogen-bond acceptors (Lipinski definition) is 3. The van der Waals surface area contributed by atoms with Crippen molar-refractivity contribution in [1.29, 1.82) is 0 Å². The molecule has 0 aliphatic carbocycles. The van der Waals surface area contributed by atoms with Crippen LogP contribution >= 0.6 is 0 Å². The minimum Gasteiger partial charge on any atom is -0.480 e. The molecule has 1 saturated heterocycles. The number of carbonyl (C=O) groups excluding carboxylic acids is 2. The summed E-state index contributed by atoms with van der Waals surface area (Å²) in [5.41, 5.74) is 0. The van der Waals surface area contributed by atoms with Crippen molar-refractivity contribution in [3.63, 3.8) is 0 Å². The molecule has 0 aromatic carbocycles. The Kier molecular flexibility index (Phi) is 5.99. The first-order chi connectivity index (χ1) is 9.72. The van der Waals surface area contributed by atoms with E-state index in [9.17, 15) is 19.5 Å². The van der Waals surface area contributed by atoms with Crippen LogP contribution in [0.25, 0.3) is 0 Å². The van der Waals surface area contributed by atoms with Crippen LogP contribution < -0.4 is 10.6 Å². The third kappa shape index (κ3) is 4.91. The van der Waals surface area contributed by atoms with Gasteiger partial charge in [-0.3, -0.25) is 4.79 Å². The highest BCUT2D eigenvalue weighted by Crippen LogP contribution is 2.22. The number of aliphatic carboxylic acids is 1. The molecule has 0 spiro atoms. The van der Waals surface area contributed by atoms with Crippen LogP contribution in [-0.4, -0.2) is 52.6 Å². The van der Waals surface area contributed by atoms with E-state index in [4.69, 9.17) is 0 Å². The van der Waals surface area contributed by atoms with E-state index < -0.39 is 24.1 Å². The number of carboxylic acid groups (broad SMARTS) is 1. The summed E-state index contributed by atoms with van der Waals surface area (Å²) in [7, 11) is 0. The second-order valence-electron chi connectivity index (χ2n) is 6.01. The van der Waals surface area contributed by atoms with Gasteiger partial charge in [-0.2, -0.15) is 0 Å². The lowest BCUT2D eigenvalue weighted by Gasteiger charge is -2.36. The van der Waals surface area contributed by atoms with E-state index in [0.29, 0.717) is 13.0 Å². The van der Waals surface area contributed by atoms with E-state index in [1.807, 2.05) is 20.8 Å². The molecule has 3 amide bonds. The van der Waals surface area contributed by atoms with Crippen molar-refractivity contribution >= 4 is 17.9 Å². The van der Waals surface area contributed by atoms with Gasteiger partial charge < -0.3 is 20.6 Å². The van der Waals surface area contributed by atoms with Gasteiger partial charge in [0.1, 0.15) is 12.1 Å². The molecule has 3 N–H and O–H groups in total. The monoisotopic (exact) mass is 299 g/mol. The molecule has 3 atom stereocenters. The molecule has 1 aliphatic heterocycles. The van der Waals surface area contributed by atoms with Crippen molar-refractivity contribution in [1.82, 2.24) is 15.5 Å². The van der Waals surface area contributed by atoms with E-state index in [1.54, 1.807) is 6.92 Å². The fraction of sp³-hybridized carbons (Fsp3) is 0.786. The van der Waals surface area contributed by atoms with Gasteiger partial charge in [0.25, 0.3) is 0 Å². The molecule has 0 bridgehead atoms. The summed E-state index contributed by atoms with van der Waals surface area (Å²) in [4.78, 5) is 36.6. The molecule has 1 aliphatic rings. The fourth-order valence-corrected chi connectivity index (χ4v) is 2.36. The molecule has 1 rings (SSSR count). The smallest absolute Gasteiger partial charge is 0.326 e. The molecular formula is C14H25N3O4. The Balaban J connectivity index is 2.64. The maximum atomic E-state index is 12.2. The topological polar surface area (TPSA) is 98.7 Å². The third-order valence-electron chi connectivity index (χ3n) is 3.57. The number of hydrogen-bond donors (Lipinski definition) is 3. The number of carboxylic acids is 1. The number of likely N-dealkylation sites (tertiary alicyclic amines) is 1. The summed E-state index contributed by atoms with van der Waals surface area (Å²) in [6.45, 7) is 7.61.